The van der Waals surface area contributed by atoms with Gasteiger partial charge >= 0.3 is 0 Å². The third-order valence-corrected chi connectivity index (χ3v) is 5.02. The Kier molecular flexibility index (Phi) is 5.24. The zero-order valence-corrected chi connectivity index (χ0v) is 16.5. The van der Waals surface area contributed by atoms with Crippen LogP contribution in [0.25, 0.3) is 0 Å². The van der Waals surface area contributed by atoms with E-state index in [1.54, 1.807) is 0 Å². The molecule has 1 nitrogen and oxygen atoms in total. The molecule has 0 aliphatic carbocycles. The van der Waals surface area contributed by atoms with Gasteiger partial charge in [-0.05, 0) is 56.2 Å². The lowest BCUT2D eigenvalue weighted by Gasteiger charge is -2.29. The van der Waals surface area contributed by atoms with Crippen molar-refractivity contribution < 1.29 is 0 Å². The van der Waals surface area contributed by atoms with E-state index in [4.69, 9.17) is 0 Å². The first kappa shape index (κ1) is 17.0. The van der Waals surface area contributed by atoms with Gasteiger partial charge in [0.15, 0.2) is 0 Å². The van der Waals surface area contributed by atoms with Gasteiger partial charge in [-0.2, -0.15) is 0 Å². The average molecular weight is 427 g/mol. The lowest BCUT2D eigenvalue weighted by Crippen LogP contribution is -2.13. The van der Waals surface area contributed by atoms with Gasteiger partial charge in [-0.15, -0.1) is 0 Å². The molecule has 3 rings (SSSR count). The minimum Gasteiger partial charge on any atom is -0.310 e. The minimum absolute atomic E-state index is 0.991. The van der Waals surface area contributed by atoms with E-state index in [2.05, 4.69) is 115 Å². The van der Waals surface area contributed by atoms with Crippen molar-refractivity contribution in [3.05, 3.63) is 89.0 Å². The molecule has 0 aromatic heterocycles. The van der Waals surface area contributed by atoms with Crippen molar-refractivity contribution in [2.75, 3.05) is 4.90 Å². The second-order valence-corrected chi connectivity index (χ2v) is 6.99. The summed E-state index contributed by atoms with van der Waals surface area (Å²) in [6.45, 7) is 6.51. The average Bonchev–Trinajstić information content (AvgIpc) is 2.59. The van der Waals surface area contributed by atoms with Crippen LogP contribution in [-0.4, -0.2) is 0 Å². The summed E-state index contributed by atoms with van der Waals surface area (Å²) in [6, 6.07) is 24.0. The quantitative estimate of drug-likeness (QED) is 0.320. The highest BCUT2D eigenvalue weighted by Crippen LogP contribution is 2.39. The van der Waals surface area contributed by atoms with Crippen LogP contribution in [-0.2, 0) is 4.43 Å². The molecule has 0 aliphatic rings. The molecule has 0 fully saturated rings. The second-order valence-electron chi connectivity index (χ2n) is 6.23. The van der Waals surface area contributed by atoms with E-state index in [9.17, 15) is 0 Å². The lowest BCUT2D eigenvalue weighted by atomic mass is 10.0. The number of benzene rings is 3. The van der Waals surface area contributed by atoms with Crippen LogP contribution in [0, 0.1) is 20.8 Å². The molecular formula is C22H22IN. The number of rotatable bonds is 4. The van der Waals surface area contributed by atoms with E-state index in [-0.39, 0.29) is 0 Å². The van der Waals surface area contributed by atoms with Crippen LogP contribution in [0.15, 0.2) is 66.7 Å². The molecule has 0 unspecified atom stereocenters. The Labute approximate surface area is 158 Å². The zero-order valence-electron chi connectivity index (χ0n) is 14.4. The van der Waals surface area contributed by atoms with Gasteiger partial charge in [0.2, 0.25) is 0 Å². The number of anilines is 3. The summed E-state index contributed by atoms with van der Waals surface area (Å²) in [5.41, 5.74) is 8.97. The molecule has 0 radical (unpaired) electrons. The molecule has 0 saturated carbocycles. The fraction of sp³-hybridized carbons (Fsp3) is 0.182. The molecule has 0 bridgehead atoms. The highest BCUT2D eigenvalue weighted by molar-refractivity contribution is 14.1. The maximum atomic E-state index is 2.46. The number of hydrogen-bond acceptors (Lipinski definition) is 1. The zero-order chi connectivity index (χ0) is 17.1. The van der Waals surface area contributed by atoms with Crippen molar-refractivity contribution in [1.82, 2.24) is 0 Å². The fourth-order valence-electron chi connectivity index (χ4n) is 3.15. The van der Waals surface area contributed by atoms with E-state index in [1.807, 2.05) is 0 Å². The third kappa shape index (κ3) is 3.48. The second kappa shape index (κ2) is 7.39. The molecule has 0 saturated heterocycles. The highest BCUT2D eigenvalue weighted by Gasteiger charge is 2.18. The van der Waals surface area contributed by atoms with E-state index < -0.39 is 0 Å². The van der Waals surface area contributed by atoms with Crippen LogP contribution in [0.3, 0.4) is 0 Å². The van der Waals surface area contributed by atoms with E-state index in [0.717, 1.165) is 4.43 Å². The summed E-state index contributed by atoms with van der Waals surface area (Å²) in [6.07, 6.45) is 0. The molecule has 0 aliphatic heterocycles. The van der Waals surface area contributed by atoms with E-state index in [0.29, 0.717) is 0 Å². The van der Waals surface area contributed by atoms with Gasteiger partial charge in [0.1, 0.15) is 0 Å². The van der Waals surface area contributed by atoms with Crippen LogP contribution in [0.1, 0.15) is 22.3 Å². The molecule has 0 amide bonds. The fourth-order valence-corrected chi connectivity index (χ4v) is 3.73. The van der Waals surface area contributed by atoms with Gasteiger partial charge in [0.05, 0.1) is 5.69 Å². The Morgan fingerprint density at radius 2 is 1.38 bits per heavy atom. The van der Waals surface area contributed by atoms with Crippen LogP contribution >= 0.6 is 22.6 Å². The number of para-hydroxylation sites is 1. The Morgan fingerprint density at radius 1 is 0.750 bits per heavy atom. The van der Waals surface area contributed by atoms with Gasteiger partial charge in [-0.25, -0.2) is 0 Å². The highest BCUT2D eigenvalue weighted by atomic mass is 127. The van der Waals surface area contributed by atoms with Gasteiger partial charge in [-0.1, -0.05) is 76.2 Å². The topological polar surface area (TPSA) is 3.24 Å². The molecule has 0 heterocycles. The van der Waals surface area contributed by atoms with Gasteiger partial charge in [0.25, 0.3) is 0 Å². The van der Waals surface area contributed by atoms with E-state index >= 15 is 0 Å². The van der Waals surface area contributed by atoms with Crippen molar-refractivity contribution in [2.24, 2.45) is 0 Å². The smallest absolute Gasteiger partial charge is 0.0530 e. The van der Waals surface area contributed by atoms with E-state index in [1.165, 1.54) is 39.3 Å². The molecule has 2 heteroatoms. The summed E-state index contributed by atoms with van der Waals surface area (Å²) in [4.78, 5) is 2.38. The number of nitrogens with zero attached hydrogens (tertiary/aromatic N) is 1. The minimum atomic E-state index is 0.991. The largest absolute Gasteiger partial charge is 0.310 e. The van der Waals surface area contributed by atoms with Crippen LogP contribution in [0.2, 0.25) is 0 Å². The number of alkyl halides is 1. The van der Waals surface area contributed by atoms with Crippen molar-refractivity contribution in [3.63, 3.8) is 0 Å². The monoisotopic (exact) mass is 427 g/mol. The lowest BCUT2D eigenvalue weighted by molar-refractivity contribution is 1.20. The first-order valence-electron chi connectivity index (χ1n) is 8.18. The molecule has 24 heavy (non-hydrogen) atoms. The molecule has 0 spiro atoms. The van der Waals surface area contributed by atoms with Crippen molar-refractivity contribution >= 4 is 39.7 Å². The maximum absolute atomic E-state index is 2.46. The van der Waals surface area contributed by atoms with Crippen molar-refractivity contribution in [3.8, 4) is 0 Å². The number of halogens is 1. The molecule has 3 aromatic carbocycles. The maximum Gasteiger partial charge on any atom is 0.0530 e. The summed E-state index contributed by atoms with van der Waals surface area (Å²) < 4.78 is 0.991. The molecular weight excluding hydrogens is 405 g/mol. The predicted molar refractivity (Wildman–Crippen MR) is 113 cm³/mol. The number of aryl methyl sites for hydroxylation is 3. The number of hydrogen-bond donors (Lipinski definition) is 0. The summed E-state index contributed by atoms with van der Waals surface area (Å²) >= 11 is 2.46. The van der Waals surface area contributed by atoms with Crippen LogP contribution < -0.4 is 4.90 Å². The molecule has 3 aromatic rings. The Hall–Kier alpha value is -1.81. The first-order valence-corrected chi connectivity index (χ1v) is 9.70. The summed E-state index contributed by atoms with van der Waals surface area (Å²) in [7, 11) is 0. The normalized spacial score (nSPS) is 10.7. The Bertz CT molecular complexity index is 823. The molecule has 0 N–H and O–H groups in total. The first-order chi connectivity index (χ1) is 11.6. The Morgan fingerprint density at radius 3 is 2.00 bits per heavy atom. The SMILES string of the molecule is Cc1ccc(N(c2ccccc2)c2c(C)cc(C)cc2CI)cc1. The van der Waals surface area contributed by atoms with Crippen LogP contribution in [0.5, 0.6) is 0 Å². The molecule has 0 atom stereocenters. The van der Waals surface area contributed by atoms with Crippen molar-refractivity contribution in [2.45, 2.75) is 25.2 Å². The summed E-state index contributed by atoms with van der Waals surface area (Å²) in [5.74, 6) is 0. The molecule has 122 valence electrons. The van der Waals surface area contributed by atoms with Gasteiger partial charge in [0, 0.05) is 15.8 Å². The van der Waals surface area contributed by atoms with Gasteiger partial charge < -0.3 is 4.90 Å². The van der Waals surface area contributed by atoms with Crippen LogP contribution in [0.4, 0.5) is 17.1 Å². The third-order valence-electron chi connectivity index (χ3n) is 4.20. The van der Waals surface area contributed by atoms with Crippen molar-refractivity contribution in [1.29, 1.82) is 0 Å². The summed E-state index contributed by atoms with van der Waals surface area (Å²) in [5, 5.41) is 0. The predicted octanol–water partition coefficient (Wildman–Crippen LogP) is 7.02. The Balaban J connectivity index is 2.25. The van der Waals surface area contributed by atoms with Gasteiger partial charge in [-0.3, -0.25) is 0 Å². The standard InChI is InChI=1S/C22H22IN/c1-16-9-11-21(12-10-16)24(20-7-5-4-6-8-20)22-18(3)13-17(2)14-19(22)15-23/h4-14H,15H2,1-3H3.